The summed E-state index contributed by atoms with van der Waals surface area (Å²) in [6.07, 6.45) is 0. The summed E-state index contributed by atoms with van der Waals surface area (Å²) in [7, 11) is -4.64. The van der Waals surface area contributed by atoms with Crippen molar-refractivity contribution >= 4 is 54.6 Å². The second-order valence-corrected chi connectivity index (χ2v) is 1.54. The van der Waals surface area contributed by atoms with Crippen molar-refractivity contribution in [2.75, 3.05) is 0 Å². The zero-order valence-corrected chi connectivity index (χ0v) is 8.38. The van der Waals surface area contributed by atoms with Crippen LogP contribution in [0.25, 0.3) is 0 Å². The monoisotopic (exact) mass is 228 g/mol. The van der Waals surface area contributed by atoms with Gasteiger partial charge in [0.25, 0.3) is 0 Å². The van der Waals surface area contributed by atoms with Crippen molar-refractivity contribution in [2.24, 2.45) is 0 Å². The van der Waals surface area contributed by atoms with Crippen LogP contribution in [0.3, 0.4) is 0 Å². The summed E-state index contributed by atoms with van der Waals surface area (Å²) < 4.78 is 21.8. The molecule has 0 aromatic carbocycles. The van der Waals surface area contributed by atoms with Gasteiger partial charge in [-0.1, -0.05) is 0 Å². The van der Waals surface area contributed by atoms with Gasteiger partial charge in [-0.05, 0) is 0 Å². The van der Waals surface area contributed by atoms with Crippen LogP contribution in [0.15, 0.2) is 0 Å². The summed E-state index contributed by atoms with van der Waals surface area (Å²) in [5.41, 5.74) is 0. The minimum Gasteiger partial charge on any atom is -1.00 e. The van der Waals surface area contributed by atoms with Gasteiger partial charge in [-0.15, -0.1) is 0 Å². The molecule has 0 saturated heterocycles. The van der Waals surface area contributed by atoms with E-state index in [9.17, 15) is 0 Å². The first-order valence-corrected chi connectivity index (χ1v) is 3.36. The largest absolute Gasteiger partial charge is 2.00 e. The number of halogens is 2. The predicted molar refractivity (Wildman–Crippen MR) is 38.4 cm³/mol. The first-order chi connectivity index (χ1) is 4.00. The van der Waals surface area contributed by atoms with Crippen molar-refractivity contribution in [3.8, 4) is 0 Å². The van der Waals surface area contributed by atoms with Gasteiger partial charge in [0.05, 0.1) is 23.7 Å². The smallest absolute Gasteiger partial charge is 1.00 e. The molecule has 5 N–H and O–H groups in total. The Morgan fingerprint density at radius 2 is 1.00 bits per heavy atom. The number of rotatable bonds is 0. The Kier molecular flexibility index (Phi) is 37.7. The van der Waals surface area contributed by atoms with E-state index in [0.29, 0.717) is 0 Å². The summed E-state index contributed by atoms with van der Waals surface area (Å²) in [4.78, 5) is 21.6. The molecule has 0 unspecified atom stereocenters. The van der Waals surface area contributed by atoms with Gasteiger partial charge in [0.2, 0.25) is 0 Å². The van der Waals surface area contributed by atoms with Gasteiger partial charge in [0, 0.05) is 0 Å². The van der Waals surface area contributed by atoms with E-state index in [1.807, 2.05) is 0 Å². The second kappa shape index (κ2) is 16.8. The molecule has 0 aromatic heterocycles. The van der Waals surface area contributed by atoms with E-state index < -0.39 is 7.82 Å². The summed E-state index contributed by atoms with van der Waals surface area (Å²) in [6, 6.07) is 0. The van der Waals surface area contributed by atoms with Gasteiger partial charge < -0.3 is 17.5 Å². The Hall–Kier alpha value is 1.38. The Balaban J connectivity index is -0.0000000116. The molecule has 64 valence electrons. The molecule has 0 rings (SSSR count). The van der Waals surface area contributed by atoms with E-state index in [0.717, 1.165) is 0 Å². The minimum atomic E-state index is -4.64. The molecule has 0 aliphatic rings. The van der Waals surface area contributed by atoms with Gasteiger partial charge >= 0.3 is 30.9 Å². The topological polar surface area (TPSA) is 118 Å². The third kappa shape index (κ3) is 347. The van der Waals surface area contributed by atoms with E-state index in [-0.39, 0.29) is 25.9 Å². The van der Waals surface area contributed by atoms with Crippen LogP contribution in [0.4, 0.5) is 0 Å². The van der Waals surface area contributed by atoms with Crippen LogP contribution in [-0.2, 0) is 4.57 Å². The molecule has 0 bridgehead atoms. The van der Waals surface area contributed by atoms with Crippen LogP contribution in [0.5, 0.6) is 0 Å². The van der Waals surface area contributed by atoms with Crippen molar-refractivity contribution in [2.45, 2.75) is 0 Å². The maximum Gasteiger partial charge on any atom is 2.00 e. The van der Waals surface area contributed by atoms with Gasteiger partial charge in [-0.2, -0.15) is 0 Å². The number of phosphoric acid groups is 1. The van der Waals surface area contributed by atoms with Crippen LogP contribution < -0.4 is 0 Å². The van der Waals surface area contributed by atoms with E-state index in [2.05, 4.69) is 23.7 Å². The second-order valence-electron chi connectivity index (χ2n) is 0.513. The quantitative estimate of drug-likeness (QED) is 0.273. The third-order valence-corrected chi connectivity index (χ3v) is 0. The molecule has 10 heteroatoms. The normalized spacial score (nSPS) is 7.10. The summed E-state index contributed by atoms with van der Waals surface area (Å²) in [5.74, 6) is 0. The van der Waals surface area contributed by atoms with E-state index in [1.165, 1.54) is 0 Å². The van der Waals surface area contributed by atoms with E-state index in [1.54, 1.807) is 0 Å². The van der Waals surface area contributed by atoms with Crippen molar-refractivity contribution < 1.29 is 31.4 Å². The maximum atomic E-state index is 8.88. The average molecular weight is 229 g/mol. The molecule has 0 saturated carbocycles. The average Bonchev–Trinajstić information content (AvgIpc) is 1.72. The Bertz CT molecular complexity index is 69.7. The summed E-state index contributed by atoms with van der Waals surface area (Å²) in [6.45, 7) is 0. The summed E-state index contributed by atoms with van der Waals surface area (Å²) >= 11 is 7.28. The van der Waals surface area contributed by atoms with Gasteiger partial charge in [-0.3, -0.25) is 9.32 Å². The molecule has 0 fully saturated rings. The Morgan fingerprint density at radius 1 is 1.00 bits per heavy atom. The molecule has 0 aliphatic carbocycles. The van der Waals surface area contributed by atoms with Crippen molar-refractivity contribution in [3.63, 3.8) is 0 Å². The molecular weight excluding hydrogens is 222 g/mol. The third-order valence-electron chi connectivity index (χ3n) is 0. The fraction of sp³-hybridized carbons (Fsp3) is 0. The molecule has 0 aliphatic heterocycles. The van der Waals surface area contributed by atoms with Gasteiger partial charge in [-0.25, -0.2) is 4.57 Å². The minimum absolute atomic E-state index is 0. The van der Waals surface area contributed by atoms with Crippen molar-refractivity contribution in [1.82, 2.24) is 0 Å². The fourth-order valence-corrected chi connectivity index (χ4v) is 0. The Labute approximate surface area is 86.1 Å². The van der Waals surface area contributed by atoms with Crippen LogP contribution in [0.1, 0.15) is 2.85 Å². The molecule has 0 atom stereocenters. The first-order valence-electron chi connectivity index (χ1n) is 1.12. The van der Waals surface area contributed by atoms with Crippen molar-refractivity contribution in [3.05, 3.63) is 0 Å². The van der Waals surface area contributed by atoms with Crippen LogP contribution >= 0.6 is 31.6 Å². The van der Waals surface area contributed by atoms with E-state index >= 15 is 0 Å². The van der Waals surface area contributed by atoms with Crippen LogP contribution in [0.2, 0.25) is 0 Å². The first kappa shape index (κ1) is 22.5. The molecule has 0 radical (unpaired) electrons. The standard InChI is InChI=1S/2ClHO.Mg.H3O4P.2H/c2*1-2;;1-5(2,3)4;;/h2*2H;;(H3,1,2,3,4);;/q;;+2;;2*-1. The zero-order chi connectivity index (χ0) is 8.50. The molecule has 0 aromatic rings. The zero-order valence-electron chi connectivity index (χ0n) is 6.55. The van der Waals surface area contributed by atoms with Crippen molar-refractivity contribution in [1.29, 1.82) is 0 Å². The van der Waals surface area contributed by atoms with Crippen LogP contribution in [0, 0.1) is 0 Å². The van der Waals surface area contributed by atoms with E-state index in [4.69, 9.17) is 28.6 Å². The van der Waals surface area contributed by atoms with Gasteiger partial charge in [0.15, 0.2) is 0 Å². The molecule has 0 heterocycles. The number of hydrogen-bond acceptors (Lipinski definition) is 3. The van der Waals surface area contributed by atoms with Gasteiger partial charge in [0.1, 0.15) is 0 Å². The molecule has 6 nitrogen and oxygen atoms in total. The number of hydrogen-bond donors (Lipinski definition) is 5. The fourth-order valence-electron chi connectivity index (χ4n) is 0. The molecule has 10 heavy (non-hydrogen) atoms. The predicted octanol–water partition coefficient (Wildman–Crippen LogP) is -0.819. The maximum absolute atomic E-state index is 8.88. The SMILES string of the molecule is O=P(O)(O)O.OCl.OCl.[H-].[H-].[Mg+2]. The molecular formula is H7Cl2MgO6P. The molecule has 0 spiro atoms. The molecule has 0 amide bonds. The summed E-state index contributed by atoms with van der Waals surface area (Å²) in [5, 5.41) is 0. The van der Waals surface area contributed by atoms with Crippen LogP contribution in [-0.4, -0.2) is 47.1 Å². The Morgan fingerprint density at radius 3 is 1.00 bits per heavy atom.